The van der Waals surface area contributed by atoms with Crippen molar-refractivity contribution in [2.45, 2.75) is 11.4 Å². The minimum absolute atomic E-state index is 0.0853. The Morgan fingerprint density at radius 1 is 0.972 bits per heavy atom. The van der Waals surface area contributed by atoms with Gasteiger partial charge in [-0.05, 0) is 29.8 Å². The number of hydrogen-bond acceptors (Lipinski definition) is 5. The molecular formula is C28H20ClN3O3S. The molecule has 1 amide bonds. The van der Waals surface area contributed by atoms with Crippen molar-refractivity contribution in [1.82, 2.24) is 4.98 Å². The van der Waals surface area contributed by atoms with Gasteiger partial charge >= 0.3 is 5.97 Å². The molecule has 36 heavy (non-hydrogen) atoms. The fraction of sp³-hybridized carbons (Fsp3) is 0.0714. The van der Waals surface area contributed by atoms with Crippen molar-refractivity contribution in [3.63, 3.8) is 0 Å². The quantitative estimate of drug-likeness (QED) is 0.252. The van der Waals surface area contributed by atoms with Crippen LogP contribution in [0.4, 0.5) is 5.69 Å². The van der Waals surface area contributed by atoms with Crippen LogP contribution in [-0.2, 0) is 4.79 Å². The Labute approximate surface area is 217 Å². The highest BCUT2D eigenvalue weighted by atomic mass is 35.5. The molecule has 0 aliphatic carbocycles. The molecule has 8 heteroatoms. The molecule has 178 valence electrons. The number of halogens is 1. The molecule has 0 radical (unpaired) electrons. The van der Waals surface area contributed by atoms with Crippen LogP contribution in [0.2, 0.25) is 5.02 Å². The fourth-order valence-electron chi connectivity index (χ4n) is 3.57. The largest absolute Gasteiger partial charge is 0.478 e. The van der Waals surface area contributed by atoms with Gasteiger partial charge in [-0.2, -0.15) is 5.26 Å². The summed E-state index contributed by atoms with van der Waals surface area (Å²) in [6, 6.07) is 27.9. The van der Waals surface area contributed by atoms with Crippen molar-refractivity contribution in [3.05, 3.63) is 101 Å². The summed E-state index contributed by atoms with van der Waals surface area (Å²) in [6.07, 6.45) is 0.137. The maximum absolute atomic E-state index is 12.5. The number of benzene rings is 3. The number of anilines is 1. The predicted octanol–water partition coefficient (Wildman–Crippen LogP) is 6.76. The van der Waals surface area contributed by atoms with E-state index in [4.69, 9.17) is 16.6 Å². The number of amides is 1. The molecule has 2 N–H and O–H groups in total. The fourth-order valence-corrected chi connectivity index (χ4v) is 4.71. The van der Waals surface area contributed by atoms with Crippen molar-refractivity contribution in [2.75, 3.05) is 11.1 Å². The molecular weight excluding hydrogens is 494 g/mol. The van der Waals surface area contributed by atoms with E-state index < -0.39 is 5.97 Å². The van der Waals surface area contributed by atoms with E-state index in [-0.39, 0.29) is 22.9 Å². The first-order valence-electron chi connectivity index (χ1n) is 11.0. The average molecular weight is 514 g/mol. The van der Waals surface area contributed by atoms with Gasteiger partial charge in [0.1, 0.15) is 11.1 Å². The molecule has 0 aliphatic rings. The summed E-state index contributed by atoms with van der Waals surface area (Å²) in [7, 11) is 0. The van der Waals surface area contributed by atoms with Gasteiger partial charge in [0.25, 0.3) is 0 Å². The Morgan fingerprint density at radius 3 is 2.28 bits per heavy atom. The van der Waals surface area contributed by atoms with Crippen LogP contribution in [0, 0.1) is 11.3 Å². The van der Waals surface area contributed by atoms with E-state index >= 15 is 0 Å². The molecule has 0 bridgehead atoms. The van der Waals surface area contributed by atoms with E-state index in [9.17, 15) is 20.0 Å². The molecule has 0 saturated heterocycles. The van der Waals surface area contributed by atoms with Gasteiger partial charge in [0.15, 0.2) is 0 Å². The van der Waals surface area contributed by atoms with E-state index in [2.05, 4.69) is 11.4 Å². The van der Waals surface area contributed by atoms with Crippen LogP contribution < -0.4 is 5.32 Å². The number of thioether (sulfide) groups is 1. The number of nitrogens with zero attached hydrogens (tertiary/aromatic N) is 2. The van der Waals surface area contributed by atoms with Crippen LogP contribution in [0.5, 0.6) is 0 Å². The SMILES string of the molecule is N#Cc1c(-c2ccccc2)cc(-c2ccccc2)nc1SCCC(=O)Nc1ccc(Cl)c(C(=O)O)c1. The van der Waals surface area contributed by atoms with E-state index in [1.807, 2.05) is 66.7 Å². The summed E-state index contributed by atoms with van der Waals surface area (Å²) in [6.45, 7) is 0. The number of pyridine rings is 1. The highest BCUT2D eigenvalue weighted by molar-refractivity contribution is 7.99. The first-order chi connectivity index (χ1) is 17.5. The summed E-state index contributed by atoms with van der Waals surface area (Å²) in [4.78, 5) is 28.5. The highest BCUT2D eigenvalue weighted by Gasteiger charge is 2.17. The second-order valence-corrected chi connectivity index (χ2v) is 9.22. The molecule has 6 nitrogen and oxygen atoms in total. The first-order valence-corrected chi connectivity index (χ1v) is 12.3. The molecule has 4 aromatic rings. The molecule has 1 heterocycles. The lowest BCUT2D eigenvalue weighted by Gasteiger charge is -2.13. The lowest BCUT2D eigenvalue weighted by Crippen LogP contribution is -2.13. The lowest BCUT2D eigenvalue weighted by molar-refractivity contribution is -0.115. The topological polar surface area (TPSA) is 103 Å². The van der Waals surface area contributed by atoms with Gasteiger partial charge in [0.05, 0.1) is 21.8 Å². The van der Waals surface area contributed by atoms with Crippen molar-refractivity contribution in [3.8, 4) is 28.5 Å². The molecule has 1 aromatic heterocycles. The van der Waals surface area contributed by atoms with E-state index in [0.717, 1.165) is 22.4 Å². The molecule has 0 spiro atoms. The van der Waals surface area contributed by atoms with Gasteiger partial charge in [-0.1, -0.05) is 72.3 Å². The number of nitrogens with one attached hydrogen (secondary N) is 1. The molecule has 0 fully saturated rings. The minimum atomic E-state index is -1.17. The van der Waals surface area contributed by atoms with Crippen molar-refractivity contribution in [1.29, 1.82) is 5.26 Å². The maximum atomic E-state index is 12.5. The Kier molecular flexibility index (Phi) is 8.01. The van der Waals surface area contributed by atoms with Crippen LogP contribution in [0.1, 0.15) is 22.3 Å². The predicted molar refractivity (Wildman–Crippen MR) is 142 cm³/mol. The lowest BCUT2D eigenvalue weighted by atomic mass is 9.99. The average Bonchev–Trinajstić information content (AvgIpc) is 2.90. The van der Waals surface area contributed by atoms with Crippen molar-refractivity contribution >= 4 is 40.9 Å². The van der Waals surface area contributed by atoms with Gasteiger partial charge in [0.2, 0.25) is 5.91 Å². The van der Waals surface area contributed by atoms with Gasteiger partial charge < -0.3 is 10.4 Å². The number of nitriles is 1. The Hall–Kier alpha value is -4.12. The monoisotopic (exact) mass is 513 g/mol. The molecule has 0 saturated carbocycles. The second-order valence-electron chi connectivity index (χ2n) is 7.73. The van der Waals surface area contributed by atoms with Crippen molar-refractivity contribution in [2.24, 2.45) is 0 Å². The van der Waals surface area contributed by atoms with Crippen LogP contribution in [0.3, 0.4) is 0 Å². The summed E-state index contributed by atoms with van der Waals surface area (Å²) >= 11 is 7.22. The summed E-state index contributed by atoms with van der Waals surface area (Å²) < 4.78 is 0. The van der Waals surface area contributed by atoms with Crippen LogP contribution >= 0.6 is 23.4 Å². The third-order valence-electron chi connectivity index (χ3n) is 5.30. The summed E-state index contributed by atoms with van der Waals surface area (Å²) in [5, 5.41) is 22.5. The van der Waals surface area contributed by atoms with Gasteiger partial charge in [-0.15, -0.1) is 11.8 Å². The van der Waals surface area contributed by atoms with Gasteiger partial charge in [-0.3, -0.25) is 4.79 Å². The molecule has 0 aliphatic heterocycles. The second kappa shape index (κ2) is 11.5. The normalized spacial score (nSPS) is 10.4. The first kappa shape index (κ1) is 25.0. The highest BCUT2D eigenvalue weighted by Crippen LogP contribution is 2.34. The zero-order valence-corrected chi connectivity index (χ0v) is 20.5. The van der Waals surface area contributed by atoms with Crippen LogP contribution in [-0.4, -0.2) is 27.7 Å². The molecule has 4 rings (SSSR count). The Morgan fingerprint density at radius 2 is 1.64 bits per heavy atom. The maximum Gasteiger partial charge on any atom is 0.337 e. The number of carbonyl (C=O) groups excluding carboxylic acids is 1. The zero-order chi connectivity index (χ0) is 25.5. The Balaban J connectivity index is 1.55. The van der Waals surface area contributed by atoms with E-state index in [0.29, 0.717) is 22.0 Å². The van der Waals surface area contributed by atoms with Crippen LogP contribution in [0.15, 0.2) is 90.0 Å². The number of aromatic carboxylic acids is 1. The number of carbonyl (C=O) groups is 2. The number of hydrogen-bond donors (Lipinski definition) is 2. The Bertz CT molecular complexity index is 1450. The van der Waals surface area contributed by atoms with Crippen molar-refractivity contribution < 1.29 is 14.7 Å². The standard InChI is InChI=1S/C28H20ClN3O3S/c29-24-12-11-20(15-22(24)28(34)35)31-26(33)13-14-36-27-23(17-30)21(18-7-3-1-4-8-18)16-25(32-27)19-9-5-2-6-10-19/h1-12,15-16H,13-14H2,(H,31,33)(H,34,35). The number of carboxylic acids is 1. The summed E-state index contributed by atoms with van der Waals surface area (Å²) in [5.74, 6) is -1.09. The summed E-state index contributed by atoms with van der Waals surface area (Å²) in [5.41, 5.74) is 4.07. The third-order valence-corrected chi connectivity index (χ3v) is 6.61. The number of carboxylic acid groups (broad SMARTS) is 1. The van der Waals surface area contributed by atoms with Gasteiger partial charge in [-0.25, -0.2) is 9.78 Å². The molecule has 3 aromatic carbocycles. The third kappa shape index (κ3) is 5.92. The smallest absolute Gasteiger partial charge is 0.337 e. The van der Waals surface area contributed by atoms with Gasteiger partial charge in [0, 0.05) is 29.0 Å². The van der Waals surface area contributed by atoms with E-state index in [1.165, 1.54) is 23.9 Å². The molecule has 0 unspecified atom stereocenters. The minimum Gasteiger partial charge on any atom is -0.478 e. The number of aromatic nitrogens is 1. The number of rotatable bonds is 8. The zero-order valence-electron chi connectivity index (χ0n) is 18.9. The van der Waals surface area contributed by atoms with Crippen LogP contribution in [0.25, 0.3) is 22.4 Å². The van der Waals surface area contributed by atoms with E-state index in [1.54, 1.807) is 6.07 Å². The molecule has 0 atom stereocenters.